The molecule has 0 aliphatic heterocycles. The number of methoxy groups -OCH3 is 1. The van der Waals surface area contributed by atoms with Crippen LogP contribution in [0.5, 0.6) is 17.2 Å². The SMILES string of the molecule is CCCCOc1c(/C=C/c2nc3sccn3c(=O)c2-c2ccc(OCC(F)(F)F)cc2)cccc1OC. The summed E-state index contributed by atoms with van der Waals surface area (Å²) in [5.41, 5.74) is 1.69. The Balaban J connectivity index is 1.74. The second kappa shape index (κ2) is 11.5. The van der Waals surface area contributed by atoms with E-state index in [1.165, 1.54) is 27.9 Å². The number of hydrogen-bond acceptors (Lipinski definition) is 6. The van der Waals surface area contributed by atoms with Crippen LogP contribution < -0.4 is 19.8 Å². The maximum atomic E-state index is 13.4. The van der Waals surface area contributed by atoms with Gasteiger partial charge in [-0.2, -0.15) is 13.2 Å². The fraction of sp³-hybridized carbons (Fsp3) is 0.259. The van der Waals surface area contributed by atoms with Crippen LogP contribution in [0.2, 0.25) is 0 Å². The molecule has 2 aromatic heterocycles. The van der Waals surface area contributed by atoms with Gasteiger partial charge >= 0.3 is 6.18 Å². The summed E-state index contributed by atoms with van der Waals surface area (Å²) in [5.74, 6) is 1.24. The number of thiazole rings is 1. The van der Waals surface area contributed by atoms with Crippen molar-refractivity contribution in [2.75, 3.05) is 20.3 Å². The van der Waals surface area contributed by atoms with E-state index in [1.54, 1.807) is 43.0 Å². The molecular formula is C27H25F3N2O4S. The minimum Gasteiger partial charge on any atom is -0.493 e. The van der Waals surface area contributed by atoms with E-state index in [-0.39, 0.29) is 11.3 Å². The third kappa shape index (κ3) is 6.32. The first-order chi connectivity index (χ1) is 17.8. The van der Waals surface area contributed by atoms with Gasteiger partial charge in [0.1, 0.15) is 5.75 Å². The van der Waals surface area contributed by atoms with E-state index in [4.69, 9.17) is 14.2 Å². The Morgan fingerprint density at radius 1 is 1.08 bits per heavy atom. The van der Waals surface area contributed by atoms with Crippen molar-refractivity contribution < 1.29 is 27.4 Å². The van der Waals surface area contributed by atoms with Crippen molar-refractivity contribution in [3.05, 3.63) is 75.7 Å². The first kappa shape index (κ1) is 26.3. The summed E-state index contributed by atoms with van der Waals surface area (Å²) in [6.07, 6.45) is 2.60. The molecule has 4 rings (SSSR count). The first-order valence-corrected chi connectivity index (χ1v) is 12.5. The van der Waals surface area contributed by atoms with Gasteiger partial charge in [-0.05, 0) is 42.3 Å². The predicted molar refractivity (Wildman–Crippen MR) is 139 cm³/mol. The smallest absolute Gasteiger partial charge is 0.422 e. The molecule has 0 atom stereocenters. The molecule has 0 aliphatic carbocycles. The standard InChI is InChI=1S/C27H25F3N2O4S/c1-3-4-15-35-24-19(6-5-7-22(24)34-2)10-13-21-23(25(33)32-14-16-37-26(32)31-21)18-8-11-20(12-9-18)36-17-27(28,29)30/h5-14,16H,3-4,15,17H2,1-2H3/b13-10+. The molecule has 0 unspecified atom stereocenters. The zero-order valence-corrected chi connectivity index (χ0v) is 21.1. The molecule has 4 aromatic rings. The Kier molecular flexibility index (Phi) is 8.17. The third-order valence-electron chi connectivity index (χ3n) is 5.43. The second-order valence-electron chi connectivity index (χ2n) is 8.07. The summed E-state index contributed by atoms with van der Waals surface area (Å²) in [5, 5.41) is 1.76. The number of para-hydroxylation sites is 1. The molecule has 10 heteroatoms. The van der Waals surface area contributed by atoms with E-state index in [0.29, 0.717) is 39.9 Å². The lowest BCUT2D eigenvalue weighted by atomic mass is 10.0. The van der Waals surface area contributed by atoms with Crippen molar-refractivity contribution in [1.29, 1.82) is 0 Å². The summed E-state index contributed by atoms with van der Waals surface area (Å²) >= 11 is 1.32. The molecule has 0 saturated carbocycles. The lowest BCUT2D eigenvalue weighted by Gasteiger charge is -2.13. The molecule has 0 aliphatic rings. The topological polar surface area (TPSA) is 62.1 Å². The van der Waals surface area contributed by atoms with Crippen molar-refractivity contribution in [3.63, 3.8) is 0 Å². The lowest BCUT2D eigenvalue weighted by molar-refractivity contribution is -0.153. The molecule has 0 radical (unpaired) electrons. The van der Waals surface area contributed by atoms with Gasteiger partial charge in [-0.3, -0.25) is 9.20 Å². The van der Waals surface area contributed by atoms with E-state index in [2.05, 4.69) is 11.9 Å². The number of ether oxygens (including phenoxy) is 3. The van der Waals surface area contributed by atoms with Crippen LogP contribution in [0.1, 0.15) is 31.0 Å². The molecule has 0 fully saturated rings. The van der Waals surface area contributed by atoms with Crippen LogP contribution in [0.3, 0.4) is 0 Å². The van der Waals surface area contributed by atoms with E-state index in [0.717, 1.165) is 18.4 Å². The van der Waals surface area contributed by atoms with Gasteiger partial charge in [-0.1, -0.05) is 37.6 Å². The second-order valence-corrected chi connectivity index (χ2v) is 8.95. The molecule has 0 spiro atoms. The largest absolute Gasteiger partial charge is 0.493 e. The Labute approximate surface area is 215 Å². The molecule has 2 aromatic carbocycles. The van der Waals surface area contributed by atoms with E-state index >= 15 is 0 Å². The number of hydrogen-bond donors (Lipinski definition) is 0. The molecule has 0 bridgehead atoms. The minimum absolute atomic E-state index is 0.0492. The maximum absolute atomic E-state index is 13.4. The van der Waals surface area contributed by atoms with Gasteiger partial charge in [0.2, 0.25) is 0 Å². The van der Waals surface area contributed by atoms with Crippen molar-refractivity contribution in [2.45, 2.75) is 25.9 Å². The fourth-order valence-corrected chi connectivity index (χ4v) is 4.35. The molecule has 2 heterocycles. The summed E-state index contributed by atoms with van der Waals surface area (Å²) in [7, 11) is 1.57. The van der Waals surface area contributed by atoms with Gasteiger partial charge in [0, 0.05) is 17.1 Å². The molecule has 0 saturated heterocycles. The monoisotopic (exact) mass is 530 g/mol. The van der Waals surface area contributed by atoms with Gasteiger partial charge in [0.05, 0.1) is 25.0 Å². The number of nitrogens with zero attached hydrogens (tertiary/aromatic N) is 2. The van der Waals surface area contributed by atoms with Crippen LogP contribution in [0, 0.1) is 0 Å². The first-order valence-electron chi connectivity index (χ1n) is 11.6. The fourth-order valence-electron chi connectivity index (χ4n) is 3.64. The van der Waals surface area contributed by atoms with Gasteiger partial charge in [0.25, 0.3) is 5.56 Å². The van der Waals surface area contributed by atoms with Crippen molar-refractivity contribution >= 4 is 28.4 Å². The highest BCUT2D eigenvalue weighted by atomic mass is 32.1. The molecule has 6 nitrogen and oxygen atoms in total. The Bertz CT molecular complexity index is 1440. The maximum Gasteiger partial charge on any atom is 0.422 e. The summed E-state index contributed by atoms with van der Waals surface area (Å²) in [4.78, 5) is 18.6. The summed E-state index contributed by atoms with van der Waals surface area (Å²) in [6.45, 7) is 1.22. The number of aromatic nitrogens is 2. The van der Waals surface area contributed by atoms with E-state index < -0.39 is 12.8 Å². The van der Waals surface area contributed by atoms with Crippen LogP contribution in [0.15, 0.2) is 58.8 Å². The molecule has 0 amide bonds. The van der Waals surface area contributed by atoms with Crippen LogP contribution in [-0.4, -0.2) is 35.9 Å². The van der Waals surface area contributed by atoms with Gasteiger partial charge in [-0.25, -0.2) is 4.98 Å². The van der Waals surface area contributed by atoms with E-state index in [9.17, 15) is 18.0 Å². The number of unbranched alkanes of at least 4 members (excludes halogenated alkanes) is 1. The number of fused-ring (bicyclic) bond motifs is 1. The minimum atomic E-state index is -4.44. The van der Waals surface area contributed by atoms with Crippen LogP contribution in [0.4, 0.5) is 13.2 Å². The summed E-state index contributed by atoms with van der Waals surface area (Å²) < 4.78 is 55.2. The predicted octanol–water partition coefficient (Wildman–Crippen LogP) is 6.72. The average molecular weight is 531 g/mol. The van der Waals surface area contributed by atoms with Crippen LogP contribution in [-0.2, 0) is 0 Å². The highest BCUT2D eigenvalue weighted by Crippen LogP contribution is 2.33. The van der Waals surface area contributed by atoms with E-state index in [1.807, 2.05) is 18.2 Å². The van der Waals surface area contributed by atoms with Crippen molar-refractivity contribution in [1.82, 2.24) is 9.38 Å². The zero-order valence-electron chi connectivity index (χ0n) is 20.2. The normalized spacial score (nSPS) is 11.8. The highest BCUT2D eigenvalue weighted by molar-refractivity contribution is 7.15. The van der Waals surface area contributed by atoms with Gasteiger partial charge in [0.15, 0.2) is 23.1 Å². The number of halogens is 3. The van der Waals surface area contributed by atoms with Gasteiger partial charge < -0.3 is 14.2 Å². The number of benzene rings is 2. The highest BCUT2D eigenvalue weighted by Gasteiger charge is 2.28. The molecule has 37 heavy (non-hydrogen) atoms. The Morgan fingerprint density at radius 2 is 1.86 bits per heavy atom. The lowest BCUT2D eigenvalue weighted by Crippen LogP contribution is -2.19. The quantitative estimate of drug-likeness (QED) is 0.213. The third-order valence-corrected chi connectivity index (χ3v) is 6.19. The van der Waals surface area contributed by atoms with Crippen molar-refractivity contribution in [2.24, 2.45) is 0 Å². The zero-order chi connectivity index (χ0) is 26.4. The number of rotatable bonds is 10. The van der Waals surface area contributed by atoms with Crippen LogP contribution >= 0.6 is 11.3 Å². The summed E-state index contributed by atoms with van der Waals surface area (Å²) in [6, 6.07) is 11.4. The number of alkyl halides is 3. The molecule has 194 valence electrons. The Morgan fingerprint density at radius 3 is 2.57 bits per heavy atom. The molecular weight excluding hydrogens is 505 g/mol. The van der Waals surface area contributed by atoms with Gasteiger partial charge in [-0.15, -0.1) is 11.3 Å². The molecule has 0 N–H and O–H groups in total. The Hall–Kier alpha value is -3.79. The van der Waals surface area contributed by atoms with Crippen molar-refractivity contribution in [3.8, 4) is 28.4 Å². The van der Waals surface area contributed by atoms with Crippen LogP contribution in [0.25, 0.3) is 28.2 Å². The average Bonchev–Trinajstić information content (AvgIpc) is 3.36.